The first kappa shape index (κ1) is 20.3. The van der Waals surface area contributed by atoms with Gasteiger partial charge in [0.25, 0.3) is 5.91 Å². The van der Waals surface area contributed by atoms with E-state index in [0.717, 1.165) is 43.9 Å². The second-order valence-electron chi connectivity index (χ2n) is 8.68. The fourth-order valence-electron chi connectivity index (χ4n) is 5.15. The van der Waals surface area contributed by atoms with Crippen molar-refractivity contribution in [2.45, 2.75) is 51.0 Å². The first-order chi connectivity index (χ1) is 14.0. The third-order valence-electron chi connectivity index (χ3n) is 6.85. The van der Waals surface area contributed by atoms with E-state index in [9.17, 15) is 18.4 Å². The second kappa shape index (κ2) is 8.38. The van der Waals surface area contributed by atoms with Gasteiger partial charge in [-0.1, -0.05) is 19.3 Å². The van der Waals surface area contributed by atoms with E-state index in [0.29, 0.717) is 32.6 Å². The van der Waals surface area contributed by atoms with Crippen LogP contribution < -0.4 is 5.32 Å². The van der Waals surface area contributed by atoms with Gasteiger partial charge >= 0.3 is 0 Å². The van der Waals surface area contributed by atoms with Crippen LogP contribution in [0.5, 0.6) is 0 Å². The second-order valence-corrected chi connectivity index (χ2v) is 8.68. The number of hydrogen-bond acceptors (Lipinski definition) is 3. The van der Waals surface area contributed by atoms with Crippen LogP contribution in [0.4, 0.5) is 8.78 Å². The Balaban J connectivity index is 1.54. The molecule has 2 aliphatic heterocycles. The number of benzene rings is 1. The molecule has 1 spiro atoms. The van der Waals surface area contributed by atoms with Crippen LogP contribution in [-0.4, -0.2) is 49.1 Å². The molecule has 4 rings (SSSR count). The Morgan fingerprint density at radius 2 is 1.83 bits per heavy atom. The van der Waals surface area contributed by atoms with E-state index < -0.39 is 17.5 Å². The number of nitrogens with zero attached hydrogens (tertiary/aromatic N) is 1. The molecule has 2 saturated heterocycles. The molecule has 1 unspecified atom stereocenters. The molecule has 1 N–H and O–H groups in total. The van der Waals surface area contributed by atoms with Crippen molar-refractivity contribution in [3.63, 3.8) is 0 Å². The third kappa shape index (κ3) is 4.15. The smallest absolute Gasteiger partial charge is 0.256 e. The number of ether oxygens (including phenoxy) is 1. The topological polar surface area (TPSA) is 58.6 Å². The highest BCUT2D eigenvalue weighted by Gasteiger charge is 2.52. The van der Waals surface area contributed by atoms with Crippen LogP contribution in [0.1, 0.15) is 55.3 Å². The molecule has 158 valence electrons. The van der Waals surface area contributed by atoms with Gasteiger partial charge in [0.2, 0.25) is 5.91 Å². The number of carbonyl (C=O) groups excluding carboxylic acids is 2. The maximum absolute atomic E-state index is 14.2. The molecule has 29 heavy (non-hydrogen) atoms. The molecule has 1 aromatic rings. The standard InChI is InChI=1S/C22H28F2N2O3/c23-15-6-7-19(24)17(12-15)21(28)26-13-18(22(14-26)8-10-29-11-9-22)20(27)25-16-4-2-1-3-5-16/h6-7,12,16,18H,1-5,8-11,13-14H2,(H,25,27). The molecule has 2 amide bonds. The molecule has 7 heteroatoms. The molecule has 0 radical (unpaired) electrons. The summed E-state index contributed by atoms with van der Waals surface area (Å²) in [5.41, 5.74) is -0.642. The van der Waals surface area contributed by atoms with Crippen molar-refractivity contribution in [1.29, 1.82) is 0 Å². The van der Waals surface area contributed by atoms with Gasteiger partial charge in [-0.25, -0.2) is 8.78 Å². The minimum Gasteiger partial charge on any atom is -0.381 e. The van der Waals surface area contributed by atoms with Crippen molar-refractivity contribution in [2.24, 2.45) is 11.3 Å². The lowest BCUT2D eigenvalue weighted by Gasteiger charge is -2.37. The highest BCUT2D eigenvalue weighted by molar-refractivity contribution is 5.95. The molecule has 1 aromatic carbocycles. The van der Waals surface area contributed by atoms with Gasteiger partial charge in [-0.2, -0.15) is 0 Å². The number of likely N-dealkylation sites (tertiary alicyclic amines) is 1. The summed E-state index contributed by atoms with van der Waals surface area (Å²) in [6.45, 7) is 1.69. The number of carbonyl (C=O) groups is 2. The van der Waals surface area contributed by atoms with E-state index >= 15 is 0 Å². The minimum absolute atomic E-state index is 0.0196. The van der Waals surface area contributed by atoms with Gasteiger partial charge < -0.3 is 15.0 Å². The van der Waals surface area contributed by atoms with E-state index in [4.69, 9.17) is 4.74 Å². The molecule has 3 aliphatic rings. The van der Waals surface area contributed by atoms with Crippen molar-refractivity contribution in [3.05, 3.63) is 35.4 Å². The summed E-state index contributed by atoms with van der Waals surface area (Å²) < 4.78 is 33.3. The summed E-state index contributed by atoms with van der Waals surface area (Å²) in [4.78, 5) is 27.7. The van der Waals surface area contributed by atoms with Gasteiger partial charge in [0.05, 0.1) is 11.5 Å². The first-order valence-electron chi connectivity index (χ1n) is 10.6. The fraction of sp³-hybridized carbons (Fsp3) is 0.636. The molecule has 0 bridgehead atoms. The lowest BCUT2D eigenvalue weighted by Crippen LogP contribution is -2.47. The van der Waals surface area contributed by atoms with Crippen LogP contribution >= 0.6 is 0 Å². The lowest BCUT2D eigenvalue weighted by atomic mass is 9.71. The van der Waals surface area contributed by atoms with Gasteiger partial charge in [-0.15, -0.1) is 0 Å². The van der Waals surface area contributed by atoms with Gasteiger partial charge in [0.1, 0.15) is 11.6 Å². The van der Waals surface area contributed by atoms with Crippen molar-refractivity contribution in [2.75, 3.05) is 26.3 Å². The Bertz CT molecular complexity index is 773. The normalized spacial score (nSPS) is 24.6. The number of amides is 2. The predicted octanol–water partition coefficient (Wildman–Crippen LogP) is 3.28. The average Bonchev–Trinajstić information content (AvgIpc) is 3.09. The SMILES string of the molecule is O=C(NC1CCCCC1)C1CN(C(=O)c2cc(F)ccc2F)CC12CCOCC2. The van der Waals surface area contributed by atoms with Crippen LogP contribution in [0.2, 0.25) is 0 Å². The Labute approximate surface area is 169 Å². The molecular weight excluding hydrogens is 378 g/mol. The molecule has 1 atom stereocenters. The predicted molar refractivity (Wildman–Crippen MR) is 103 cm³/mol. The highest BCUT2D eigenvalue weighted by atomic mass is 19.1. The van der Waals surface area contributed by atoms with Crippen molar-refractivity contribution in [1.82, 2.24) is 10.2 Å². The average molecular weight is 406 g/mol. The molecule has 5 nitrogen and oxygen atoms in total. The summed E-state index contributed by atoms with van der Waals surface area (Å²) in [6.07, 6.45) is 6.81. The van der Waals surface area contributed by atoms with Gasteiger partial charge in [-0.05, 0) is 43.9 Å². The van der Waals surface area contributed by atoms with Crippen molar-refractivity contribution < 1.29 is 23.1 Å². The van der Waals surface area contributed by atoms with Gasteiger partial charge in [-0.3, -0.25) is 9.59 Å². The Morgan fingerprint density at radius 1 is 1.10 bits per heavy atom. The monoisotopic (exact) mass is 406 g/mol. The molecule has 2 heterocycles. The minimum atomic E-state index is -0.743. The fourth-order valence-corrected chi connectivity index (χ4v) is 5.15. The van der Waals surface area contributed by atoms with Gasteiger partial charge in [0, 0.05) is 37.8 Å². The van der Waals surface area contributed by atoms with Gasteiger partial charge in [0.15, 0.2) is 0 Å². The maximum Gasteiger partial charge on any atom is 0.256 e. The third-order valence-corrected chi connectivity index (χ3v) is 6.85. The van der Waals surface area contributed by atoms with Crippen molar-refractivity contribution in [3.8, 4) is 0 Å². The Kier molecular flexibility index (Phi) is 5.86. The zero-order valence-corrected chi connectivity index (χ0v) is 16.6. The Morgan fingerprint density at radius 3 is 2.55 bits per heavy atom. The molecule has 1 aliphatic carbocycles. The van der Waals surface area contributed by atoms with E-state index in [1.807, 2.05) is 0 Å². The molecular formula is C22H28F2N2O3. The summed E-state index contributed by atoms with van der Waals surface area (Å²) in [5.74, 6) is -2.32. The summed E-state index contributed by atoms with van der Waals surface area (Å²) in [7, 11) is 0. The van der Waals surface area contributed by atoms with E-state index in [1.165, 1.54) is 11.3 Å². The zero-order valence-electron chi connectivity index (χ0n) is 16.6. The number of nitrogens with one attached hydrogen (secondary N) is 1. The Hall–Kier alpha value is -2.02. The van der Waals surface area contributed by atoms with E-state index in [1.54, 1.807) is 0 Å². The van der Waals surface area contributed by atoms with Crippen LogP contribution in [0.15, 0.2) is 18.2 Å². The molecule has 1 saturated carbocycles. The first-order valence-corrected chi connectivity index (χ1v) is 10.6. The highest BCUT2D eigenvalue weighted by Crippen LogP contribution is 2.45. The quantitative estimate of drug-likeness (QED) is 0.838. The van der Waals surface area contributed by atoms with Crippen LogP contribution in [0, 0.1) is 23.0 Å². The van der Waals surface area contributed by atoms with E-state index in [2.05, 4.69) is 5.32 Å². The zero-order chi connectivity index (χ0) is 20.4. The summed E-state index contributed by atoms with van der Waals surface area (Å²) in [5, 5.41) is 3.20. The van der Waals surface area contributed by atoms with Crippen molar-refractivity contribution >= 4 is 11.8 Å². The summed E-state index contributed by atoms with van der Waals surface area (Å²) in [6, 6.07) is 3.09. The molecule has 3 fully saturated rings. The number of rotatable bonds is 3. The molecule has 0 aromatic heterocycles. The van der Waals surface area contributed by atoms with Crippen LogP contribution in [-0.2, 0) is 9.53 Å². The largest absolute Gasteiger partial charge is 0.381 e. The number of halogens is 2. The maximum atomic E-state index is 14.2. The van der Waals surface area contributed by atoms with Crippen LogP contribution in [0.3, 0.4) is 0 Å². The summed E-state index contributed by atoms with van der Waals surface area (Å²) >= 11 is 0. The van der Waals surface area contributed by atoms with E-state index in [-0.39, 0.29) is 35.4 Å². The lowest BCUT2D eigenvalue weighted by molar-refractivity contribution is -0.130. The number of hydrogen-bond donors (Lipinski definition) is 1. The van der Waals surface area contributed by atoms with Crippen LogP contribution in [0.25, 0.3) is 0 Å².